The molecule has 0 saturated heterocycles. The van der Waals surface area contributed by atoms with Crippen molar-refractivity contribution in [1.82, 2.24) is 4.98 Å². The minimum Gasteiger partial charge on any atom is -0.311 e. The molecule has 0 spiro atoms. The number of carbonyl (C=O) groups is 1. The molecule has 0 fully saturated rings. The minimum absolute atomic E-state index is 0.0238. The number of carbonyl (C=O) groups excluding carboxylic acids is 1. The number of pyridine rings is 1. The van der Waals surface area contributed by atoms with Crippen LogP contribution in [-0.2, 0) is 0 Å². The maximum absolute atomic E-state index is 13.5. The third kappa shape index (κ3) is 2.22. The Hall–Kier alpha value is -2.23. The van der Waals surface area contributed by atoms with Crippen molar-refractivity contribution in [2.45, 2.75) is 6.92 Å². The molecular weight excluding hydrogens is 231 g/mol. The predicted molar refractivity (Wildman–Crippen MR) is 68.1 cm³/mol. The summed E-state index contributed by atoms with van der Waals surface area (Å²) in [5.41, 5.74) is 1.75. The molecule has 1 aromatic heterocycles. The Morgan fingerprint density at radius 1 is 1.28 bits per heavy atom. The molecule has 1 heterocycles. The molecular formula is C14H13FN2O. The lowest BCUT2D eigenvalue weighted by Gasteiger charge is -2.19. The topological polar surface area (TPSA) is 33.2 Å². The highest BCUT2D eigenvalue weighted by Gasteiger charge is 2.18. The molecule has 0 atom stereocenters. The first-order valence-electron chi connectivity index (χ1n) is 5.54. The molecule has 18 heavy (non-hydrogen) atoms. The lowest BCUT2D eigenvalue weighted by atomic mass is 10.1. The van der Waals surface area contributed by atoms with E-state index in [4.69, 9.17) is 0 Å². The fourth-order valence-electron chi connectivity index (χ4n) is 1.78. The normalized spacial score (nSPS) is 10.2. The Labute approximate surface area is 105 Å². The molecule has 0 N–H and O–H groups in total. The van der Waals surface area contributed by atoms with E-state index in [1.807, 2.05) is 31.2 Å². The van der Waals surface area contributed by atoms with Crippen LogP contribution in [0.15, 0.2) is 42.7 Å². The van der Waals surface area contributed by atoms with Crippen LogP contribution in [0.4, 0.5) is 10.1 Å². The predicted octanol–water partition coefficient (Wildman–Crippen LogP) is 2.81. The third-order valence-corrected chi connectivity index (χ3v) is 2.78. The molecule has 1 amide bonds. The number of para-hydroxylation sites is 1. The van der Waals surface area contributed by atoms with E-state index in [-0.39, 0.29) is 11.5 Å². The first-order valence-corrected chi connectivity index (χ1v) is 5.54. The number of amides is 1. The van der Waals surface area contributed by atoms with Crippen molar-refractivity contribution in [3.8, 4) is 0 Å². The Bertz CT molecular complexity index is 584. The number of halogens is 1. The summed E-state index contributed by atoms with van der Waals surface area (Å²) in [5, 5.41) is 0. The zero-order valence-electron chi connectivity index (χ0n) is 10.2. The van der Waals surface area contributed by atoms with Gasteiger partial charge in [0.25, 0.3) is 5.91 Å². The zero-order valence-corrected chi connectivity index (χ0v) is 10.2. The van der Waals surface area contributed by atoms with Gasteiger partial charge < -0.3 is 4.90 Å². The summed E-state index contributed by atoms with van der Waals surface area (Å²) in [6.45, 7) is 1.90. The number of nitrogens with zero attached hydrogens (tertiary/aromatic N) is 2. The monoisotopic (exact) mass is 244 g/mol. The lowest BCUT2D eigenvalue weighted by Crippen LogP contribution is -2.27. The number of rotatable bonds is 2. The Morgan fingerprint density at radius 3 is 2.67 bits per heavy atom. The minimum atomic E-state index is -0.608. The molecule has 4 heteroatoms. The molecule has 1 aromatic carbocycles. The van der Waals surface area contributed by atoms with Crippen molar-refractivity contribution in [1.29, 1.82) is 0 Å². The Balaban J connectivity index is 2.36. The van der Waals surface area contributed by atoms with E-state index >= 15 is 0 Å². The molecule has 0 aliphatic rings. The number of aryl methyl sites for hydroxylation is 1. The summed E-state index contributed by atoms with van der Waals surface area (Å²) < 4.78 is 13.5. The number of hydrogen-bond acceptors (Lipinski definition) is 2. The van der Waals surface area contributed by atoms with Gasteiger partial charge in [0, 0.05) is 18.9 Å². The van der Waals surface area contributed by atoms with Crippen LogP contribution in [0.25, 0.3) is 0 Å². The van der Waals surface area contributed by atoms with E-state index in [1.165, 1.54) is 17.2 Å². The van der Waals surface area contributed by atoms with Crippen LogP contribution in [0.3, 0.4) is 0 Å². The van der Waals surface area contributed by atoms with E-state index in [2.05, 4.69) is 4.98 Å². The van der Waals surface area contributed by atoms with Gasteiger partial charge >= 0.3 is 0 Å². The SMILES string of the molecule is Cc1ccccc1N(C)C(=O)c1ccncc1F. The van der Waals surface area contributed by atoms with Gasteiger partial charge in [-0.1, -0.05) is 18.2 Å². The van der Waals surface area contributed by atoms with Crippen LogP contribution in [0, 0.1) is 12.7 Å². The molecule has 0 radical (unpaired) electrons. The van der Waals surface area contributed by atoms with Crippen molar-refractivity contribution in [2.75, 3.05) is 11.9 Å². The molecule has 0 bridgehead atoms. The highest BCUT2D eigenvalue weighted by atomic mass is 19.1. The van der Waals surface area contributed by atoms with Crippen molar-refractivity contribution >= 4 is 11.6 Å². The second-order valence-electron chi connectivity index (χ2n) is 4.01. The van der Waals surface area contributed by atoms with Gasteiger partial charge in [0.2, 0.25) is 0 Å². The zero-order chi connectivity index (χ0) is 13.1. The number of aromatic nitrogens is 1. The first-order chi connectivity index (χ1) is 8.61. The lowest BCUT2D eigenvalue weighted by molar-refractivity contribution is 0.0989. The van der Waals surface area contributed by atoms with Crippen molar-refractivity contribution in [3.05, 3.63) is 59.7 Å². The molecule has 92 valence electrons. The molecule has 2 aromatic rings. The van der Waals surface area contributed by atoms with Crippen molar-refractivity contribution in [2.24, 2.45) is 0 Å². The van der Waals surface area contributed by atoms with Crippen LogP contribution in [0.5, 0.6) is 0 Å². The van der Waals surface area contributed by atoms with Gasteiger partial charge in [-0.15, -0.1) is 0 Å². The number of hydrogen-bond donors (Lipinski definition) is 0. The highest BCUT2D eigenvalue weighted by Crippen LogP contribution is 2.20. The summed E-state index contributed by atoms with van der Waals surface area (Å²) in [7, 11) is 1.63. The van der Waals surface area contributed by atoms with Gasteiger partial charge in [-0.05, 0) is 24.6 Å². The largest absolute Gasteiger partial charge is 0.311 e. The molecule has 0 unspecified atom stereocenters. The maximum atomic E-state index is 13.5. The van der Waals surface area contributed by atoms with E-state index in [9.17, 15) is 9.18 Å². The summed E-state index contributed by atoms with van der Waals surface area (Å²) in [4.78, 5) is 17.2. The second-order valence-corrected chi connectivity index (χ2v) is 4.01. The van der Waals surface area contributed by atoms with Crippen LogP contribution in [0.2, 0.25) is 0 Å². The Kier molecular flexibility index (Phi) is 3.37. The van der Waals surface area contributed by atoms with Crippen molar-refractivity contribution in [3.63, 3.8) is 0 Å². The molecule has 0 aliphatic heterocycles. The summed E-state index contributed by atoms with van der Waals surface area (Å²) in [6, 6.07) is 8.85. The van der Waals surface area contributed by atoms with E-state index < -0.39 is 5.82 Å². The Morgan fingerprint density at radius 2 is 2.00 bits per heavy atom. The van der Waals surface area contributed by atoms with Crippen LogP contribution in [-0.4, -0.2) is 17.9 Å². The average Bonchev–Trinajstić information content (AvgIpc) is 2.38. The molecule has 0 aliphatic carbocycles. The summed E-state index contributed by atoms with van der Waals surface area (Å²) in [5.74, 6) is -0.993. The maximum Gasteiger partial charge on any atom is 0.261 e. The molecule has 3 nitrogen and oxygen atoms in total. The third-order valence-electron chi connectivity index (χ3n) is 2.78. The second kappa shape index (κ2) is 4.96. The van der Waals surface area contributed by atoms with Gasteiger partial charge in [0.15, 0.2) is 5.82 Å². The smallest absolute Gasteiger partial charge is 0.261 e. The van der Waals surface area contributed by atoms with E-state index in [0.717, 1.165) is 17.4 Å². The van der Waals surface area contributed by atoms with Gasteiger partial charge in [0.05, 0.1) is 11.8 Å². The molecule has 0 saturated carbocycles. The average molecular weight is 244 g/mol. The quantitative estimate of drug-likeness (QED) is 0.813. The fourth-order valence-corrected chi connectivity index (χ4v) is 1.78. The van der Waals surface area contributed by atoms with Crippen molar-refractivity contribution < 1.29 is 9.18 Å². The van der Waals surface area contributed by atoms with Gasteiger partial charge in [-0.3, -0.25) is 9.78 Å². The van der Waals surface area contributed by atoms with Crippen LogP contribution < -0.4 is 4.90 Å². The van der Waals surface area contributed by atoms with Crippen LogP contribution in [0.1, 0.15) is 15.9 Å². The summed E-state index contributed by atoms with van der Waals surface area (Å²) >= 11 is 0. The fraction of sp³-hybridized carbons (Fsp3) is 0.143. The van der Waals surface area contributed by atoms with Gasteiger partial charge in [-0.25, -0.2) is 4.39 Å². The van der Waals surface area contributed by atoms with E-state index in [0.29, 0.717) is 0 Å². The van der Waals surface area contributed by atoms with Gasteiger partial charge in [0.1, 0.15) is 0 Å². The van der Waals surface area contributed by atoms with Gasteiger partial charge in [-0.2, -0.15) is 0 Å². The summed E-state index contributed by atoms with van der Waals surface area (Å²) in [6.07, 6.45) is 2.45. The molecule has 2 rings (SSSR count). The van der Waals surface area contributed by atoms with Crippen LogP contribution >= 0.6 is 0 Å². The highest BCUT2D eigenvalue weighted by molar-refractivity contribution is 6.06. The number of anilines is 1. The first kappa shape index (κ1) is 12.2. The standard InChI is InChI=1S/C14H13FN2O/c1-10-5-3-4-6-13(10)17(2)14(18)11-7-8-16-9-12(11)15/h3-9H,1-2H3. The van der Waals surface area contributed by atoms with E-state index in [1.54, 1.807) is 7.05 Å². The number of benzene rings is 1.